The standard InChI is InChI=1S/C14H22N2O5S2/c1-15-11-5-4-8-16(10-11)23(19,20)14-9-12(22(3,17)18)6-7-13(14)21-2/h6-7,9,11,15H,4-5,8,10H2,1-3H3. The first-order valence-corrected chi connectivity index (χ1v) is 10.6. The molecule has 1 N–H and O–H groups in total. The predicted octanol–water partition coefficient (Wildman–Crippen LogP) is 0.471. The molecule has 2 rings (SSSR count). The molecule has 0 aliphatic carbocycles. The molecule has 1 atom stereocenters. The highest BCUT2D eigenvalue weighted by Gasteiger charge is 2.32. The van der Waals surface area contributed by atoms with E-state index in [2.05, 4.69) is 5.32 Å². The van der Waals surface area contributed by atoms with Crippen molar-refractivity contribution in [2.75, 3.05) is 33.5 Å². The lowest BCUT2D eigenvalue weighted by atomic mass is 10.1. The monoisotopic (exact) mass is 362 g/mol. The van der Waals surface area contributed by atoms with Crippen molar-refractivity contribution in [3.63, 3.8) is 0 Å². The van der Waals surface area contributed by atoms with Crippen molar-refractivity contribution in [2.24, 2.45) is 0 Å². The topological polar surface area (TPSA) is 92.8 Å². The van der Waals surface area contributed by atoms with Crippen LogP contribution in [0.25, 0.3) is 0 Å². The molecule has 0 aromatic heterocycles. The summed E-state index contributed by atoms with van der Waals surface area (Å²) < 4.78 is 55.8. The Hall–Kier alpha value is -1.16. The van der Waals surface area contributed by atoms with Gasteiger partial charge in [-0.3, -0.25) is 0 Å². The fraction of sp³-hybridized carbons (Fsp3) is 0.571. The molecule has 7 nitrogen and oxygen atoms in total. The minimum atomic E-state index is -3.83. The number of benzene rings is 1. The van der Waals surface area contributed by atoms with Crippen LogP contribution in [0, 0.1) is 0 Å². The molecule has 1 fully saturated rings. The molecule has 130 valence electrons. The van der Waals surface area contributed by atoms with E-state index in [1.807, 2.05) is 0 Å². The van der Waals surface area contributed by atoms with Crippen LogP contribution in [0.4, 0.5) is 0 Å². The molecular formula is C14H22N2O5S2. The number of methoxy groups -OCH3 is 1. The van der Waals surface area contributed by atoms with Crippen LogP contribution in [-0.4, -0.2) is 60.7 Å². The molecule has 0 bridgehead atoms. The van der Waals surface area contributed by atoms with Crippen LogP contribution in [0.15, 0.2) is 28.0 Å². The fourth-order valence-electron chi connectivity index (χ4n) is 2.62. The number of hydrogen-bond acceptors (Lipinski definition) is 6. The molecule has 1 unspecified atom stereocenters. The van der Waals surface area contributed by atoms with Crippen LogP contribution in [0.5, 0.6) is 5.75 Å². The van der Waals surface area contributed by atoms with Crippen LogP contribution in [0.1, 0.15) is 12.8 Å². The Balaban J connectivity index is 2.49. The first kappa shape index (κ1) is 18.2. The number of piperidine rings is 1. The van der Waals surface area contributed by atoms with Gasteiger partial charge in [-0.1, -0.05) is 0 Å². The van der Waals surface area contributed by atoms with E-state index in [4.69, 9.17) is 4.74 Å². The molecule has 1 aromatic rings. The zero-order valence-corrected chi connectivity index (χ0v) is 15.1. The maximum atomic E-state index is 12.9. The van der Waals surface area contributed by atoms with Crippen molar-refractivity contribution in [1.29, 1.82) is 0 Å². The van der Waals surface area contributed by atoms with Crippen molar-refractivity contribution in [3.8, 4) is 5.75 Å². The van der Waals surface area contributed by atoms with Gasteiger partial charge in [0.25, 0.3) is 0 Å². The Morgan fingerprint density at radius 2 is 1.96 bits per heavy atom. The summed E-state index contributed by atoms with van der Waals surface area (Å²) in [6, 6.07) is 3.98. The molecule has 1 aliphatic heterocycles. The van der Waals surface area contributed by atoms with Crippen LogP contribution in [-0.2, 0) is 19.9 Å². The highest BCUT2D eigenvalue weighted by atomic mass is 32.2. The number of hydrogen-bond donors (Lipinski definition) is 1. The number of likely N-dealkylation sites (N-methyl/N-ethyl adjacent to an activating group) is 1. The van der Waals surface area contributed by atoms with Gasteiger partial charge in [0.1, 0.15) is 10.6 Å². The summed E-state index contributed by atoms with van der Waals surface area (Å²) in [6.07, 6.45) is 2.70. The fourth-order valence-corrected chi connectivity index (χ4v) is 5.05. The summed E-state index contributed by atoms with van der Waals surface area (Å²) in [5.74, 6) is 0.143. The van der Waals surface area contributed by atoms with Gasteiger partial charge >= 0.3 is 0 Å². The van der Waals surface area contributed by atoms with Crippen molar-refractivity contribution in [3.05, 3.63) is 18.2 Å². The molecule has 0 spiro atoms. The third-order valence-corrected chi connectivity index (χ3v) is 6.97. The van der Waals surface area contributed by atoms with E-state index in [0.29, 0.717) is 13.1 Å². The lowest BCUT2D eigenvalue weighted by Crippen LogP contribution is -2.46. The third-order valence-electron chi connectivity index (χ3n) is 3.97. The normalized spacial score (nSPS) is 20.4. The highest BCUT2D eigenvalue weighted by Crippen LogP contribution is 2.30. The van der Waals surface area contributed by atoms with Crippen molar-refractivity contribution in [2.45, 2.75) is 28.7 Å². The Morgan fingerprint density at radius 3 is 2.52 bits per heavy atom. The van der Waals surface area contributed by atoms with Gasteiger partial charge in [-0.05, 0) is 38.1 Å². The number of sulfonamides is 1. The summed E-state index contributed by atoms with van der Waals surface area (Å²) >= 11 is 0. The average Bonchev–Trinajstić information content (AvgIpc) is 2.53. The van der Waals surface area contributed by atoms with Crippen LogP contribution in [0.3, 0.4) is 0 Å². The van der Waals surface area contributed by atoms with Crippen LogP contribution in [0.2, 0.25) is 0 Å². The van der Waals surface area contributed by atoms with E-state index < -0.39 is 19.9 Å². The van der Waals surface area contributed by atoms with Gasteiger partial charge in [-0.2, -0.15) is 4.31 Å². The summed E-state index contributed by atoms with van der Waals surface area (Å²) in [5.41, 5.74) is 0. The molecule has 1 aliphatic rings. The summed E-state index contributed by atoms with van der Waals surface area (Å²) in [6.45, 7) is 0.762. The van der Waals surface area contributed by atoms with Gasteiger partial charge in [0.15, 0.2) is 9.84 Å². The predicted molar refractivity (Wildman–Crippen MR) is 86.9 cm³/mol. The lowest BCUT2D eigenvalue weighted by molar-refractivity contribution is 0.291. The van der Waals surface area contributed by atoms with E-state index in [-0.39, 0.29) is 21.6 Å². The quantitative estimate of drug-likeness (QED) is 0.819. The second-order valence-corrected chi connectivity index (χ2v) is 9.50. The Bertz CT molecular complexity index is 774. The van der Waals surface area contributed by atoms with E-state index >= 15 is 0 Å². The summed E-state index contributed by atoms with van der Waals surface area (Å²) in [7, 11) is -4.17. The molecule has 0 amide bonds. The molecule has 23 heavy (non-hydrogen) atoms. The van der Waals surface area contributed by atoms with Crippen molar-refractivity contribution < 1.29 is 21.6 Å². The SMILES string of the molecule is CNC1CCCN(S(=O)(=O)c2cc(S(C)(=O)=O)ccc2OC)C1. The van der Waals surface area contributed by atoms with E-state index in [9.17, 15) is 16.8 Å². The van der Waals surface area contributed by atoms with Gasteiger partial charge < -0.3 is 10.1 Å². The van der Waals surface area contributed by atoms with Crippen LogP contribution < -0.4 is 10.1 Å². The minimum Gasteiger partial charge on any atom is -0.495 e. The number of ether oxygens (including phenoxy) is 1. The average molecular weight is 362 g/mol. The van der Waals surface area contributed by atoms with Gasteiger partial charge in [-0.25, -0.2) is 16.8 Å². The molecule has 1 heterocycles. The van der Waals surface area contributed by atoms with Crippen LogP contribution >= 0.6 is 0 Å². The molecule has 0 radical (unpaired) electrons. The second-order valence-electron chi connectivity index (χ2n) is 5.58. The summed E-state index contributed by atoms with van der Waals surface area (Å²) in [5, 5.41) is 3.09. The number of sulfone groups is 1. The Morgan fingerprint density at radius 1 is 1.26 bits per heavy atom. The second kappa shape index (κ2) is 6.76. The minimum absolute atomic E-state index is 0.0425. The molecule has 0 saturated carbocycles. The Labute approximate surface area is 137 Å². The smallest absolute Gasteiger partial charge is 0.246 e. The van der Waals surface area contributed by atoms with Crippen molar-refractivity contribution >= 4 is 19.9 Å². The maximum absolute atomic E-state index is 12.9. The largest absolute Gasteiger partial charge is 0.495 e. The van der Waals surface area contributed by atoms with Gasteiger partial charge in [0, 0.05) is 25.4 Å². The number of nitrogens with one attached hydrogen (secondary N) is 1. The highest BCUT2D eigenvalue weighted by molar-refractivity contribution is 7.91. The molecule has 1 aromatic carbocycles. The molecular weight excluding hydrogens is 340 g/mol. The van der Waals surface area contributed by atoms with E-state index in [1.165, 1.54) is 29.6 Å². The zero-order valence-electron chi connectivity index (χ0n) is 13.4. The number of rotatable bonds is 5. The Kier molecular flexibility index (Phi) is 5.34. The van der Waals surface area contributed by atoms with Gasteiger partial charge in [-0.15, -0.1) is 0 Å². The molecule has 1 saturated heterocycles. The van der Waals surface area contributed by atoms with Gasteiger partial charge in [0.2, 0.25) is 10.0 Å². The van der Waals surface area contributed by atoms with E-state index in [1.54, 1.807) is 7.05 Å². The summed E-state index contributed by atoms with van der Waals surface area (Å²) in [4.78, 5) is -0.154. The van der Waals surface area contributed by atoms with Crippen molar-refractivity contribution in [1.82, 2.24) is 9.62 Å². The van der Waals surface area contributed by atoms with Gasteiger partial charge in [0.05, 0.1) is 12.0 Å². The third kappa shape index (κ3) is 3.85. The maximum Gasteiger partial charge on any atom is 0.246 e. The van der Waals surface area contributed by atoms with E-state index in [0.717, 1.165) is 19.1 Å². The lowest BCUT2D eigenvalue weighted by Gasteiger charge is -2.32. The molecule has 9 heteroatoms. The first-order valence-electron chi connectivity index (χ1n) is 7.25. The number of nitrogens with zero attached hydrogens (tertiary/aromatic N) is 1. The zero-order chi connectivity index (χ0) is 17.3. The first-order chi connectivity index (χ1) is 10.7.